The number of piperidine rings is 1. The van der Waals surface area contributed by atoms with Crippen molar-refractivity contribution < 1.29 is 0 Å². The molecule has 0 aromatic rings. The van der Waals surface area contributed by atoms with Crippen LogP contribution in [-0.2, 0) is 0 Å². The largest absolute Gasteiger partial charge is 0.317 e. The third-order valence-corrected chi connectivity index (χ3v) is 4.15. The summed E-state index contributed by atoms with van der Waals surface area (Å²) in [5, 5.41) is 3.46. The van der Waals surface area contributed by atoms with Gasteiger partial charge in [0.1, 0.15) is 0 Å². The Morgan fingerprint density at radius 3 is 2.56 bits per heavy atom. The van der Waals surface area contributed by atoms with E-state index in [2.05, 4.69) is 24.1 Å². The molecule has 0 aliphatic carbocycles. The molecule has 0 aromatic carbocycles. The van der Waals surface area contributed by atoms with E-state index < -0.39 is 0 Å². The van der Waals surface area contributed by atoms with E-state index in [9.17, 15) is 0 Å². The summed E-state index contributed by atoms with van der Waals surface area (Å²) >= 11 is 0. The number of hydrogen-bond acceptors (Lipinski definition) is 2. The molecule has 1 atom stereocenters. The van der Waals surface area contributed by atoms with Crippen LogP contribution in [0, 0.1) is 17.8 Å². The first-order valence-electron chi connectivity index (χ1n) is 7.17. The van der Waals surface area contributed by atoms with Gasteiger partial charge in [-0.1, -0.05) is 13.8 Å². The van der Waals surface area contributed by atoms with Crippen molar-refractivity contribution in [1.82, 2.24) is 10.2 Å². The van der Waals surface area contributed by atoms with Gasteiger partial charge in [0.25, 0.3) is 0 Å². The number of nitrogens with one attached hydrogen (secondary N) is 1. The van der Waals surface area contributed by atoms with Gasteiger partial charge in [-0.25, -0.2) is 0 Å². The summed E-state index contributed by atoms with van der Waals surface area (Å²) in [5.41, 5.74) is 0. The second kappa shape index (κ2) is 6.02. The standard InChI is InChI=1S/C14H28N2/c1-12(2)9-14-5-8-16(11-14)10-13-3-6-15-7-4-13/h12-15H,3-11H2,1-2H3/t14-/m0/s1. The highest BCUT2D eigenvalue weighted by Gasteiger charge is 2.25. The molecule has 2 nitrogen and oxygen atoms in total. The minimum atomic E-state index is 0.879. The first-order valence-corrected chi connectivity index (χ1v) is 7.17. The molecule has 0 bridgehead atoms. The maximum absolute atomic E-state index is 3.46. The summed E-state index contributed by atoms with van der Waals surface area (Å²) in [7, 11) is 0. The number of hydrogen-bond donors (Lipinski definition) is 1. The number of rotatable bonds is 4. The number of likely N-dealkylation sites (tertiary alicyclic amines) is 1. The Labute approximate surface area is 101 Å². The van der Waals surface area contributed by atoms with Crippen molar-refractivity contribution >= 4 is 0 Å². The van der Waals surface area contributed by atoms with Crippen molar-refractivity contribution in [2.45, 2.75) is 39.5 Å². The minimum absolute atomic E-state index is 0.879. The molecule has 0 radical (unpaired) electrons. The molecule has 0 saturated carbocycles. The molecule has 0 aromatic heterocycles. The first kappa shape index (κ1) is 12.4. The van der Waals surface area contributed by atoms with E-state index in [0.29, 0.717) is 0 Å². The van der Waals surface area contributed by atoms with Crippen LogP contribution in [0.1, 0.15) is 39.5 Å². The molecule has 2 heterocycles. The zero-order chi connectivity index (χ0) is 11.4. The van der Waals surface area contributed by atoms with Crippen LogP contribution in [0.25, 0.3) is 0 Å². The van der Waals surface area contributed by atoms with Crippen LogP contribution >= 0.6 is 0 Å². The molecule has 0 unspecified atom stereocenters. The summed E-state index contributed by atoms with van der Waals surface area (Å²) in [6.07, 6.45) is 5.67. The molecule has 0 spiro atoms. The second-order valence-electron chi connectivity index (χ2n) is 6.24. The predicted octanol–water partition coefficient (Wildman–Crippen LogP) is 2.35. The number of nitrogens with zero attached hydrogens (tertiary/aromatic N) is 1. The van der Waals surface area contributed by atoms with Gasteiger partial charge in [-0.05, 0) is 63.1 Å². The summed E-state index contributed by atoms with van der Waals surface area (Å²) in [6.45, 7) is 11.3. The maximum Gasteiger partial charge on any atom is 0.00107 e. The van der Waals surface area contributed by atoms with E-state index >= 15 is 0 Å². The van der Waals surface area contributed by atoms with Gasteiger partial charge >= 0.3 is 0 Å². The molecule has 94 valence electrons. The Morgan fingerprint density at radius 2 is 1.88 bits per heavy atom. The van der Waals surface area contributed by atoms with Gasteiger partial charge in [0.05, 0.1) is 0 Å². The van der Waals surface area contributed by atoms with Crippen LogP contribution < -0.4 is 5.32 Å². The molecule has 2 saturated heterocycles. The maximum atomic E-state index is 3.46. The monoisotopic (exact) mass is 224 g/mol. The van der Waals surface area contributed by atoms with Gasteiger partial charge < -0.3 is 10.2 Å². The quantitative estimate of drug-likeness (QED) is 0.788. The average molecular weight is 224 g/mol. The topological polar surface area (TPSA) is 15.3 Å². The molecule has 2 aliphatic rings. The van der Waals surface area contributed by atoms with E-state index in [1.807, 2.05) is 0 Å². The van der Waals surface area contributed by atoms with E-state index in [1.54, 1.807) is 0 Å². The van der Waals surface area contributed by atoms with Crippen LogP contribution in [-0.4, -0.2) is 37.6 Å². The molecule has 16 heavy (non-hydrogen) atoms. The van der Waals surface area contributed by atoms with Crippen LogP contribution in [0.2, 0.25) is 0 Å². The highest BCUT2D eigenvalue weighted by atomic mass is 15.1. The molecule has 2 heteroatoms. The Kier molecular flexibility index (Phi) is 4.66. The Morgan fingerprint density at radius 1 is 1.12 bits per heavy atom. The lowest BCUT2D eigenvalue weighted by molar-refractivity contribution is 0.231. The SMILES string of the molecule is CC(C)C[C@@H]1CCN(CC2CCNCC2)C1. The van der Waals surface area contributed by atoms with E-state index in [4.69, 9.17) is 0 Å². The lowest BCUT2D eigenvalue weighted by atomic mass is 9.96. The highest BCUT2D eigenvalue weighted by molar-refractivity contribution is 4.80. The van der Waals surface area contributed by atoms with Crippen molar-refractivity contribution in [3.63, 3.8) is 0 Å². The third-order valence-electron chi connectivity index (χ3n) is 4.15. The van der Waals surface area contributed by atoms with Crippen molar-refractivity contribution in [2.75, 3.05) is 32.7 Å². The fourth-order valence-corrected chi connectivity index (χ4v) is 3.37. The summed E-state index contributed by atoms with van der Waals surface area (Å²) in [5.74, 6) is 2.84. The van der Waals surface area contributed by atoms with E-state index in [-0.39, 0.29) is 0 Å². The normalized spacial score (nSPS) is 29.1. The summed E-state index contributed by atoms with van der Waals surface area (Å²) < 4.78 is 0. The van der Waals surface area contributed by atoms with Gasteiger partial charge in [0.2, 0.25) is 0 Å². The van der Waals surface area contributed by atoms with Crippen molar-refractivity contribution in [1.29, 1.82) is 0 Å². The summed E-state index contributed by atoms with van der Waals surface area (Å²) in [4.78, 5) is 2.73. The van der Waals surface area contributed by atoms with Crippen LogP contribution in [0.15, 0.2) is 0 Å². The predicted molar refractivity (Wildman–Crippen MR) is 69.6 cm³/mol. The highest BCUT2D eigenvalue weighted by Crippen LogP contribution is 2.25. The first-order chi connectivity index (χ1) is 7.74. The molecule has 2 fully saturated rings. The van der Waals surface area contributed by atoms with Crippen molar-refractivity contribution in [2.24, 2.45) is 17.8 Å². The van der Waals surface area contributed by atoms with Crippen LogP contribution in [0.5, 0.6) is 0 Å². The molecule has 2 rings (SSSR count). The lowest BCUT2D eigenvalue weighted by Gasteiger charge is -2.27. The molecular weight excluding hydrogens is 196 g/mol. The molecule has 2 aliphatic heterocycles. The van der Waals surface area contributed by atoms with Gasteiger partial charge in [-0.15, -0.1) is 0 Å². The second-order valence-corrected chi connectivity index (χ2v) is 6.24. The molecule has 1 N–H and O–H groups in total. The summed E-state index contributed by atoms with van der Waals surface area (Å²) in [6, 6.07) is 0. The Balaban J connectivity index is 1.67. The van der Waals surface area contributed by atoms with Gasteiger partial charge in [0, 0.05) is 13.1 Å². The zero-order valence-electron chi connectivity index (χ0n) is 11.0. The van der Waals surface area contributed by atoms with Crippen molar-refractivity contribution in [3.05, 3.63) is 0 Å². The smallest absolute Gasteiger partial charge is 0.00107 e. The van der Waals surface area contributed by atoms with E-state index in [0.717, 1.165) is 17.8 Å². The fourth-order valence-electron chi connectivity index (χ4n) is 3.37. The molecular formula is C14H28N2. The fraction of sp³-hybridized carbons (Fsp3) is 1.00. The minimum Gasteiger partial charge on any atom is -0.317 e. The van der Waals surface area contributed by atoms with Gasteiger partial charge in [-0.2, -0.15) is 0 Å². The zero-order valence-corrected chi connectivity index (χ0v) is 11.0. The molecule has 0 amide bonds. The average Bonchev–Trinajstić information content (AvgIpc) is 2.66. The third kappa shape index (κ3) is 3.74. The Hall–Kier alpha value is -0.0800. The van der Waals surface area contributed by atoms with Crippen molar-refractivity contribution in [3.8, 4) is 0 Å². The van der Waals surface area contributed by atoms with Crippen LogP contribution in [0.3, 0.4) is 0 Å². The Bertz CT molecular complexity index is 197. The van der Waals surface area contributed by atoms with Crippen LogP contribution in [0.4, 0.5) is 0 Å². The van der Waals surface area contributed by atoms with E-state index in [1.165, 1.54) is 58.4 Å². The lowest BCUT2D eigenvalue weighted by Crippen LogP contribution is -2.35. The van der Waals surface area contributed by atoms with Gasteiger partial charge in [0.15, 0.2) is 0 Å². The van der Waals surface area contributed by atoms with Gasteiger partial charge in [-0.3, -0.25) is 0 Å².